The highest BCUT2D eigenvalue weighted by atomic mass is 79.9. The molecule has 124 valence electrons. The smallest absolute Gasteiger partial charge is 0.254 e. The van der Waals surface area contributed by atoms with Crippen molar-refractivity contribution >= 4 is 21.8 Å². The lowest BCUT2D eigenvalue weighted by atomic mass is 9.98. The Hall–Kier alpha value is -1.88. The molecule has 4 nitrogen and oxygen atoms in total. The van der Waals surface area contributed by atoms with Gasteiger partial charge in [0.1, 0.15) is 6.10 Å². The van der Waals surface area contributed by atoms with Crippen molar-refractivity contribution in [2.45, 2.75) is 43.9 Å². The Kier molecular flexibility index (Phi) is 4.27. The van der Waals surface area contributed by atoms with Crippen molar-refractivity contribution in [3.05, 3.63) is 58.7 Å². The van der Waals surface area contributed by atoms with Crippen LogP contribution < -0.4 is 4.74 Å². The lowest BCUT2D eigenvalue weighted by Gasteiger charge is -2.38. The van der Waals surface area contributed by atoms with Crippen LogP contribution in [0.15, 0.2) is 53.1 Å². The van der Waals surface area contributed by atoms with Crippen molar-refractivity contribution < 1.29 is 9.53 Å². The average Bonchev–Trinajstić information content (AvgIpc) is 2.87. The molecule has 2 bridgehead atoms. The number of pyridine rings is 1. The number of nitrogens with zero attached hydrogens (tertiary/aromatic N) is 2. The summed E-state index contributed by atoms with van der Waals surface area (Å²) >= 11 is 3.42. The first-order valence-electron chi connectivity index (χ1n) is 8.36. The SMILES string of the molecule is O=C(c1ccc(Br)cc1)N1C2CCC1CC(Oc1ccccn1)C2. The van der Waals surface area contributed by atoms with E-state index in [1.54, 1.807) is 6.20 Å². The summed E-state index contributed by atoms with van der Waals surface area (Å²) in [5, 5.41) is 0. The van der Waals surface area contributed by atoms with Crippen LogP contribution in [0.25, 0.3) is 0 Å². The molecule has 2 aliphatic heterocycles. The molecule has 1 aromatic carbocycles. The van der Waals surface area contributed by atoms with Crippen LogP contribution in [0, 0.1) is 0 Å². The van der Waals surface area contributed by atoms with E-state index in [0.717, 1.165) is 35.7 Å². The summed E-state index contributed by atoms with van der Waals surface area (Å²) in [4.78, 5) is 19.2. The molecule has 2 saturated heterocycles. The van der Waals surface area contributed by atoms with E-state index in [0.29, 0.717) is 5.88 Å². The fraction of sp³-hybridized carbons (Fsp3) is 0.368. The third-order valence-corrected chi connectivity index (χ3v) is 5.47. The van der Waals surface area contributed by atoms with Gasteiger partial charge in [-0.05, 0) is 43.2 Å². The van der Waals surface area contributed by atoms with Crippen LogP contribution in [-0.4, -0.2) is 34.0 Å². The van der Waals surface area contributed by atoms with Gasteiger partial charge in [-0.25, -0.2) is 4.98 Å². The third-order valence-electron chi connectivity index (χ3n) is 4.94. The molecule has 24 heavy (non-hydrogen) atoms. The van der Waals surface area contributed by atoms with E-state index in [1.165, 1.54) is 0 Å². The number of carbonyl (C=O) groups is 1. The first kappa shape index (κ1) is 15.6. The quantitative estimate of drug-likeness (QED) is 0.798. The number of rotatable bonds is 3. The second-order valence-corrected chi connectivity index (χ2v) is 7.40. The van der Waals surface area contributed by atoms with Gasteiger partial charge >= 0.3 is 0 Å². The number of carbonyl (C=O) groups excluding carboxylic acids is 1. The van der Waals surface area contributed by atoms with Gasteiger partial charge in [-0.1, -0.05) is 22.0 Å². The number of amides is 1. The molecule has 3 heterocycles. The summed E-state index contributed by atoms with van der Waals surface area (Å²) in [6.45, 7) is 0. The Bertz CT molecular complexity index is 706. The molecule has 2 aromatic rings. The van der Waals surface area contributed by atoms with Crippen molar-refractivity contribution in [2.24, 2.45) is 0 Å². The van der Waals surface area contributed by atoms with Gasteiger partial charge in [0.25, 0.3) is 5.91 Å². The van der Waals surface area contributed by atoms with Gasteiger partial charge in [-0.15, -0.1) is 0 Å². The summed E-state index contributed by atoms with van der Waals surface area (Å²) in [6.07, 6.45) is 5.79. The molecule has 1 aromatic heterocycles. The van der Waals surface area contributed by atoms with Crippen LogP contribution in [-0.2, 0) is 0 Å². The maximum absolute atomic E-state index is 12.9. The van der Waals surface area contributed by atoms with E-state index >= 15 is 0 Å². The van der Waals surface area contributed by atoms with E-state index in [1.807, 2.05) is 42.5 Å². The number of aromatic nitrogens is 1. The minimum atomic E-state index is 0.145. The fourth-order valence-electron chi connectivity index (χ4n) is 3.88. The molecule has 0 saturated carbocycles. The van der Waals surface area contributed by atoms with E-state index in [2.05, 4.69) is 25.8 Å². The maximum atomic E-state index is 12.9. The van der Waals surface area contributed by atoms with E-state index < -0.39 is 0 Å². The highest BCUT2D eigenvalue weighted by Crippen LogP contribution is 2.38. The predicted octanol–water partition coefficient (Wildman–Crippen LogP) is 4.06. The molecule has 5 heteroatoms. The maximum Gasteiger partial charge on any atom is 0.254 e. The van der Waals surface area contributed by atoms with Crippen molar-refractivity contribution in [1.82, 2.24) is 9.88 Å². The van der Waals surface area contributed by atoms with Crippen molar-refractivity contribution in [3.63, 3.8) is 0 Å². The molecule has 4 rings (SSSR count). The number of ether oxygens (including phenoxy) is 1. The summed E-state index contributed by atoms with van der Waals surface area (Å²) in [6, 6.07) is 13.9. The van der Waals surface area contributed by atoms with Crippen molar-refractivity contribution in [2.75, 3.05) is 0 Å². The molecule has 1 amide bonds. The number of hydrogen-bond acceptors (Lipinski definition) is 3. The number of benzene rings is 1. The van der Waals surface area contributed by atoms with Crippen LogP contribution in [0.3, 0.4) is 0 Å². The minimum absolute atomic E-state index is 0.145. The van der Waals surface area contributed by atoms with Crippen LogP contribution >= 0.6 is 15.9 Å². The van der Waals surface area contributed by atoms with Crippen LogP contribution in [0.1, 0.15) is 36.0 Å². The molecule has 2 atom stereocenters. The average molecular weight is 387 g/mol. The van der Waals surface area contributed by atoms with Crippen LogP contribution in [0.2, 0.25) is 0 Å². The van der Waals surface area contributed by atoms with Gasteiger partial charge in [-0.2, -0.15) is 0 Å². The first-order chi connectivity index (χ1) is 11.7. The second-order valence-electron chi connectivity index (χ2n) is 6.48. The number of hydrogen-bond donors (Lipinski definition) is 0. The van der Waals surface area contributed by atoms with E-state index in [-0.39, 0.29) is 24.1 Å². The third kappa shape index (κ3) is 3.05. The molecule has 0 N–H and O–H groups in total. The number of piperidine rings is 1. The molecule has 0 radical (unpaired) electrons. The molecule has 2 aliphatic rings. The Morgan fingerprint density at radius 1 is 1.08 bits per heavy atom. The summed E-state index contributed by atoms with van der Waals surface area (Å²) in [5.41, 5.74) is 0.763. The van der Waals surface area contributed by atoms with E-state index in [9.17, 15) is 4.79 Å². The Balaban J connectivity index is 1.47. The molecular formula is C19H19BrN2O2. The van der Waals surface area contributed by atoms with E-state index in [4.69, 9.17) is 4.74 Å². The molecule has 2 unspecified atom stereocenters. The fourth-order valence-corrected chi connectivity index (χ4v) is 4.15. The van der Waals surface area contributed by atoms with Gasteiger partial charge in [0.15, 0.2) is 0 Å². The Labute approximate surface area is 150 Å². The predicted molar refractivity (Wildman–Crippen MR) is 95.0 cm³/mol. The second kappa shape index (κ2) is 6.55. The summed E-state index contributed by atoms with van der Waals surface area (Å²) < 4.78 is 7.02. The largest absolute Gasteiger partial charge is 0.474 e. The zero-order chi connectivity index (χ0) is 16.5. The highest BCUT2D eigenvalue weighted by molar-refractivity contribution is 9.10. The Morgan fingerprint density at radius 3 is 2.42 bits per heavy atom. The van der Waals surface area contributed by atoms with Gasteiger partial charge < -0.3 is 9.64 Å². The first-order valence-corrected chi connectivity index (χ1v) is 9.16. The lowest BCUT2D eigenvalue weighted by molar-refractivity contribution is 0.0348. The Morgan fingerprint density at radius 2 is 1.79 bits per heavy atom. The standard InChI is InChI=1S/C19H19BrN2O2/c20-14-6-4-13(5-7-14)19(23)22-15-8-9-16(22)12-17(11-15)24-18-3-1-2-10-21-18/h1-7,10,15-17H,8-9,11-12H2. The van der Waals surface area contributed by atoms with Crippen molar-refractivity contribution in [3.8, 4) is 5.88 Å². The normalized spacial score (nSPS) is 25.5. The monoisotopic (exact) mass is 386 g/mol. The number of fused-ring (bicyclic) bond motifs is 2. The van der Waals surface area contributed by atoms with Gasteiger partial charge in [-0.3, -0.25) is 4.79 Å². The summed E-state index contributed by atoms with van der Waals surface area (Å²) in [5.74, 6) is 0.820. The zero-order valence-electron chi connectivity index (χ0n) is 13.3. The van der Waals surface area contributed by atoms with Crippen molar-refractivity contribution in [1.29, 1.82) is 0 Å². The molecule has 2 fully saturated rings. The van der Waals surface area contributed by atoms with Gasteiger partial charge in [0.2, 0.25) is 5.88 Å². The zero-order valence-corrected chi connectivity index (χ0v) is 14.9. The lowest BCUT2D eigenvalue weighted by Crippen LogP contribution is -2.49. The summed E-state index contributed by atoms with van der Waals surface area (Å²) in [7, 11) is 0. The minimum Gasteiger partial charge on any atom is -0.474 e. The van der Waals surface area contributed by atoms with Gasteiger partial charge in [0, 0.05) is 47.2 Å². The topological polar surface area (TPSA) is 42.4 Å². The molecular weight excluding hydrogens is 368 g/mol. The highest BCUT2D eigenvalue weighted by Gasteiger charge is 2.44. The van der Waals surface area contributed by atoms with Crippen LogP contribution in [0.5, 0.6) is 5.88 Å². The molecule has 0 spiro atoms. The van der Waals surface area contributed by atoms with Crippen LogP contribution in [0.4, 0.5) is 0 Å². The van der Waals surface area contributed by atoms with Gasteiger partial charge in [0.05, 0.1) is 0 Å². The number of halogens is 1. The molecule has 0 aliphatic carbocycles.